The lowest BCUT2D eigenvalue weighted by Gasteiger charge is -2.27. The summed E-state index contributed by atoms with van der Waals surface area (Å²) < 4.78 is 2.25. The molecule has 0 saturated carbocycles. The second kappa shape index (κ2) is 9.30. The summed E-state index contributed by atoms with van der Waals surface area (Å²) >= 11 is 0. The van der Waals surface area contributed by atoms with Crippen LogP contribution in [0.3, 0.4) is 0 Å². The zero-order valence-corrected chi connectivity index (χ0v) is 20.0. The van der Waals surface area contributed by atoms with Crippen molar-refractivity contribution in [3.63, 3.8) is 0 Å². The van der Waals surface area contributed by atoms with Crippen molar-refractivity contribution >= 4 is 11.3 Å². The Morgan fingerprint density at radius 2 is 1.68 bits per heavy atom. The van der Waals surface area contributed by atoms with Crippen LogP contribution in [0, 0.1) is 18.3 Å². The second-order valence-corrected chi connectivity index (χ2v) is 9.16. The molecule has 0 aliphatic carbocycles. The number of hydrogen-bond acceptors (Lipinski definition) is 5. The maximum absolute atomic E-state index is 9.37. The van der Waals surface area contributed by atoms with Crippen molar-refractivity contribution in [1.82, 2.24) is 19.6 Å². The summed E-state index contributed by atoms with van der Waals surface area (Å²) in [4.78, 5) is 9.64. The molecule has 172 valence electrons. The van der Waals surface area contributed by atoms with Crippen LogP contribution in [0.5, 0.6) is 0 Å². The fourth-order valence-electron chi connectivity index (χ4n) is 4.62. The first-order chi connectivity index (χ1) is 16.5. The third-order valence-electron chi connectivity index (χ3n) is 6.64. The third-order valence-corrected chi connectivity index (χ3v) is 6.64. The molecule has 1 saturated heterocycles. The molecule has 0 amide bonds. The van der Waals surface area contributed by atoms with Gasteiger partial charge in [-0.25, -0.2) is 4.98 Å². The van der Waals surface area contributed by atoms with Crippen LogP contribution < -0.4 is 10.2 Å². The predicted octanol–water partition coefficient (Wildman–Crippen LogP) is 4.32. The molecule has 1 N–H and O–H groups in total. The normalized spacial score (nSPS) is 14.3. The minimum absolute atomic E-state index is 0.708. The molecule has 2 aromatic carbocycles. The smallest absolute Gasteiger partial charge is 0.137 e. The van der Waals surface area contributed by atoms with Crippen molar-refractivity contribution in [2.75, 3.05) is 45.2 Å². The van der Waals surface area contributed by atoms with Crippen LogP contribution in [-0.2, 0) is 6.54 Å². The predicted molar refractivity (Wildman–Crippen MR) is 138 cm³/mol. The highest BCUT2D eigenvalue weighted by atomic mass is 15.2. The molecular weight excluding hydrogens is 420 g/mol. The molecule has 0 spiro atoms. The summed E-state index contributed by atoms with van der Waals surface area (Å²) in [7, 11) is 4.11. The van der Waals surface area contributed by atoms with Gasteiger partial charge in [0.1, 0.15) is 5.65 Å². The average molecular weight is 451 g/mol. The summed E-state index contributed by atoms with van der Waals surface area (Å²) in [5.74, 6) is 0. The number of benzene rings is 2. The molecule has 0 unspecified atom stereocenters. The number of aromatic nitrogens is 2. The van der Waals surface area contributed by atoms with Crippen LogP contribution in [0.25, 0.3) is 28.0 Å². The lowest BCUT2D eigenvalue weighted by atomic mass is 10.0. The summed E-state index contributed by atoms with van der Waals surface area (Å²) in [6, 6.07) is 21.2. The highest BCUT2D eigenvalue weighted by Gasteiger charge is 2.19. The van der Waals surface area contributed by atoms with Gasteiger partial charge < -0.3 is 14.6 Å². The first-order valence-corrected chi connectivity index (χ1v) is 11.8. The summed E-state index contributed by atoms with van der Waals surface area (Å²) in [5, 5.41) is 12.8. The number of piperazine rings is 1. The van der Waals surface area contributed by atoms with Gasteiger partial charge in [0.15, 0.2) is 0 Å². The fraction of sp³-hybridized carbons (Fsp3) is 0.286. The molecule has 6 nitrogen and oxygen atoms in total. The molecule has 2 aromatic heterocycles. The molecule has 34 heavy (non-hydrogen) atoms. The zero-order valence-electron chi connectivity index (χ0n) is 20.0. The maximum Gasteiger partial charge on any atom is 0.137 e. The van der Waals surface area contributed by atoms with Crippen LogP contribution in [0.2, 0.25) is 0 Å². The molecule has 5 rings (SSSR count). The van der Waals surface area contributed by atoms with Gasteiger partial charge in [-0.3, -0.25) is 4.90 Å². The number of nitriles is 1. The molecule has 0 radical (unpaired) electrons. The van der Waals surface area contributed by atoms with Crippen molar-refractivity contribution < 1.29 is 0 Å². The van der Waals surface area contributed by atoms with Gasteiger partial charge in [-0.2, -0.15) is 5.26 Å². The Kier molecular flexibility index (Phi) is 6.06. The first-order valence-electron chi connectivity index (χ1n) is 11.8. The molecule has 6 heteroatoms. The number of hydrogen-bond donors (Lipinski definition) is 1. The molecule has 1 aliphatic heterocycles. The molecule has 1 fully saturated rings. The van der Waals surface area contributed by atoms with E-state index in [-0.39, 0.29) is 0 Å². The van der Waals surface area contributed by atoms with Crippen molar-refractivity contribution in [2.24, 2.45) is 0 Å². The van der Waals surface area contributed by atoms with Crippen LogP contribution in [0.15, 0.2) is 60.8 Å². The number of fused-ring (bicyclic) bond motifs is 1. The topological polar surface area (TPSA) is 59.6 Å². The quantitative estimate of drug-likeness (QED) is 0.491. The zero-order chi connectivity index (χ0) is 23.7. The fourth-order valence-corrected chi connectivity index (χ4v) is 4.62. The van der Waals surface area contributed by atoms with E-state index in [9.17, 15) is 5.26 Å². The van der Waals surface area contributed by atoms with E-state index in [1.54, 1.807) is 0 Å². The van der Waals surface area contributed by atoms with E-state index in [0.717, 1.165) is 55.2 Å². The number of nitrogens with one attached hydrogen (secondary N) is 1. The van der Waals surface area contributed by atoms with Gasteiger partial charge in [-0.1, -0.05) is 18.2 Å². The largest absolute Gasteiger partial charge is 0.378 e. The Balaban J connectivity index is 1.61. The Morgan fingerprint density at radius 1 is 0.971 bits per heavy atom. The molecular formula is C28H30N6. The Morgan fingerprint density at radius 3 is 2.35 bits per heavy atom. The average Bonchev–Trinajstić information content (AvgIpc) is 3.22. The summed E-state index contributed by atoms with van der Waals surface area (Å²) in [6.07, 6.45) is 2.21. The number of anilines is 1. The highest BCUT2D eigenvalue weighted by Crippen LogP contribution is 2.30. The number of rotatable bonds is 5. The van der Waals surface area contributed by atoms with E-state index in [1.807, 2.05) is 19.1 Å². The van der Waals surface area contributed by atoms with Crippen LogP contribution in [0.1, 0.15) is 16.8 Å². The van der Waals surface area contributed by atoms with Crippen LogP contribution in [0.4, 0.5) is 5.69 Å². The van der Waals surface area contributed by atoms with Crippen LogP contribution >= 0.6 is 0 Å². The Bertz CT molecular complexity index is 1350. The highest BCUT2D eigenvalue weighted by molar-refractivity contribution is 5.72. The van der Waals surface area contributed by atoms with Crippen molar-refractivity contribution in [3.8, 4) is 28.5 Å². The Labute approximate surface area is 201 Å². The third kappa shape index (κ3) is 4.28. The van der Waals surface area contributed by atoms with E-state index in [4.69, 9.17) is 4.98 Å². The summed E-state index contributed by atoms with van der Waals surface area (Å²) in [6.45, 7) is 6.87. The number of nitrogens with zero attached hydrogens (tertiary/aromatic N) is 5. The van der Waals surface area contributed by atoms with E-state index >= 15 is 0 Å². The van der Waals surface area contributed by atoms with E-state index < -0.39 is 0 Å². The van der Waals surface area contributed by atoms with E-state index in [1.165, 1.54) is 22.5 Å². The molecule has 1 aliphatic rings. The van der Waals surface area contributed by atoms with E-state index in [2.05, 4.69) is 88.3 Å². The summed E-state index contributed by atoms with van der Waals surface area (Å²) in [5.41, 5.74) is 9.40. The van der Waals surface area contributed by atoms with Gasteiger partial charge in [0, 0.05) is 64.3 Å². The molecule has 0 atom stereocenters. The van der Waals surface area contributed by atoms with Crippen molar-refractivity contribution in [2.45, 2.75) is 13.5 Å². The molecule has 0 bridgehead atoms. The first kappa shape index (κ1) is 22.1. The lowest BCUT2D eigenvalue weighted by molar-refractivity contribution is 0.230. The van der Waals surface area contributed by atoms with Gasteiger partial charge in [-0.05, 0) is 60.0 Å². The number of imidazole rings is 1. The van der Waals surface area contributed by atoms with Crippen LogP contribution in [-0.4, -0.2) is 54.6 Å². The van der Waals surface area contributed by atoms with Gasteiger partial charge in [0.25, 0.3) is 0 Å². The molecule has 3 heterocycles. The van der Waals surface area contributed by atoms with Gasteiger partial charge in [0.05, 0.1) is 23.0 Å². The van der Waals surface area contributed by atoms with Gasteiger partial charge >= 0.3 is 0 Å². The SMILES string of the molecule is Cc1cc(-c2nc3ccc(-c4ccc(N(C)C)cc4)cn3c2CN2CCNCC2)ccc1C#N. The van der Waals surface area contributed by atoms with Gasteiger partial charge in [-0.15, -0.1) is 0 Å². The standard InChI is InChI=1S/C28H30N6/c1-20-16-22(4-5-23(20)17-29)28-26(19-33-14-12-30-13-15-33)34-18-24(8-11-27(34)31-28)21-6-9-25(10-7-21)32(2)3/h4-11,16,18,30H,12-15,19H2,1-3H3. The monoisotopic (exact) mass is 450 g/mol. The second-order valence-electron chi connectivity index (χ2n) is 9.16. The number of pyridine rings is 1. The molecule has 4 aromatic rings. The minimum Gasteiger partial charge on any atom is -0.378 e. The Hall–Kier alpha value is -3.66. The minimum atomic E-state index is 0.708. The van der Waals surface area contributed by atoms with Crippen molar-refractivity contribution in [3.05, 3.63) is 77.6 Å². The maximum atomic E-state index is 9.37. The van der Waals surface area contributed by atoms with Crippen molar-refractivity contribution in [1.29, 1.82) is 5.26 Å². The van der Waals surface area contributed by atoms with Gasteiger partial charge in [0.2, 0.25) is 0 Å². The number of aryl methyl sites for hydroxylation is 1. The lowest BCUT2D eigenvalue weighted by Crippen LogP contribution is -2.43. The van der Waals surface area contributed by atoms with E-state index in [0.29, 0.717) is 5.56 Å².